The Labute approximate surface area is 147 Å². The Morgan fingerprint density at radius 3 is 2.36 bits per heavy atom. The monoisotopic (exact) mass is 335 g/mol. The largest absolute Gasteiger partial charge is 0.461 e. The fourth-order valence-corrected chi connectivity index (χ4v) is 4.15. The lowest BCUT2D eigenvalue weighted by molar-refractivity contribution is -0.175. The zero-order chi connectivity index (χ0) is 17.4. The molecule has 0 aliphatic carbocycles. The summed E-state index contributed by atoms with van der Waals surface area (Å²) < 4.78 is 5.48. The Kier molecular flexibility index (Phi) is 3.83. The van der Waals surface area contributed by atoms with Crippen molar-refractivity contribution in [3.05, 3.63) is 71.8 Å². The van der Waals surface area contributed by atoms with Gasteiger partial charge in [-0.25, -0.2) is 4.79 Å². The van der Waals surface area contributed by atoms with Crippen LogP contribution < -0.4 is 0 Å². The molecule has 0 radical (unpaired) electrons. The van der Waals surface area contributed by atoms with Crippen molar-refractivity contribution >= 4 is 11.9 Å². The number of nitrogens with zero attached hydrogens (tertiary/aromatic N) is 1. The SMILES string of the molecule is C[C@]12C[C@@H](Cc3ccccc3)C(=O)N1[C@@H](c1ccccc1)COC2=O. The van der Waals surface area contributed by atoms with Gasteiger partial charge in [-0.15, -0.1) is 0 Å². The summed E-state index contributed by atoms with van der Waals surface area (Å²) >= 11 is 0. The number of esters is 1. The molecule has 2 aliphatic rings. The number of cyclic esters (lactones) is 1. The summed E-state index contributed by atoms with van der Waals surface area (Å²) in [6.07, 6.45) is 1.16. The number of fused-ring (bicyclic) bond motifs is 1. The van der Waals surface area contributed by atoms with Crippen LogP contribution in [0.25, 0.3) is 0 Å². The van der Waals surface area contributed by atoms with Crippen LogP contribution in [0.3, 0.4) is 0 Å². The second kappa shape index (κ2) is 6.03. The first kappa shape index (κ1) is 15.9. The molecule has 4 heteroatoms. The van der Waals surface area contributed by atoms with Crippen LogP contribution in [0, 0.1) is 5.92 Å². The Morgan fingerprint density at radius 2 is 1.68 bits per heavy atom. The summed E-state index contributed by atoms with van der Waals surface area (Å²) in [7, 11) is 0. The molecule has 1 amide bonds. The van der Waals surface area contributed by atoms with Crippen LogP contribution in [-0.4, -0.2) is 28.9 Å². The van der Waals surface area contributed by atoms with Gasteiger partial charge in [-0.3, -0.25) is 4.79 Å². The van der Waals surface area contributed by atoms with E-state index in [1.165, 1.54) is 0 Å². The summed E-state index contributed by atoms with van der Waals surface area (Å²) in [5.74, 6) is -0.426. The lowest BCUT2D eigenvalue weighted by Gasteiger charge is -2.43. The molecule has 4 rings (SSSR count). The second-order valence-electron chi connectivity index (χ2n) is 7.10. The topological polar surface area (TPSA) is 46.6 Å². The van der Waals surface area contributed by atoms with Crippen molar-refractivity contribution in [3.8, 4) is 0 Å². The van der Waals surface area contributed by atoms with Crippen molar-refractivity contribution in [2.45, 2.75) is 31.3 Å². The molecule has 0 aromatic heterocycles. The highest BCUT2D eigenvalue weighted by Gasteiger charge is 2.58. The number of benzene rings is 2. The lowest BCUT2D eigenvalue weighted by Crippen LogP contribution is -2.57. The normalized spacial score (nSPS) is 28.6. The zero-order valence-electron chi connectivity index (χ0n) is 14.2. The molecule has 4 nitrogen and oxygen atoms in total. The van der Waals surface area contributed by atoms with Gasteiger partial charge < -0.3 is 9.64 Å². The van der Waals surface area contributed by atoms with Crippen LogP contribution in [0.1, 0.15) is 30.5 Å². The molecule has 2 fully saturated rings. The van der Waals surface area contributed by atoms with Crippen LogP contribution >= 0.6 is 0 Å². The first-order valence-corrected chi connectivity index (χ1v) is 8.69. The Bertz CT molecular complexity index is 789. The Balaban J connectivity index is 1.67. The molecule has 2 aromatic rings. The van der Waals surface area contributed by atoms with E-state index < -0.39 is 5.54 Å². The standard InChI is InChI=1S/C21H21NO3/c1-21-13-17(12-15-8-4-2-5-9-15)19(23)22(21)18(14-25-20(21)24)16-10-6-3-7-11-16/h2-11,17-18H,12-14H2,1H3/t17-,18-,21-/m1/s1. The third kappa shape index (κ3) is 2.62. The minimum Gasteiger partial charge on any atom is -0.461 e. The van der Waals surface area contributed by atoms with E-state index in [4.69, 9.17) is 4.74 Å². The summed E-state index contributed by atoms with van der Waals surface area (Å²) in [6, 6.07) is 19.6. The fourth-order valence-electron chi connectivity index (χ4n) is 4.15. The van der Waals surface area contributed by atoms with Gasteiger partial charge in [0.25, 0.3) is 0 Å². The van der Waals surface area contributed by atoms with Crippen molar-refractivity contribution in [1.82, 2.24) is 4.90 Å². The maximum Gasteiger partial charge on any atom is 0.331 e. The molecule has 3 atom stereocenters. The Hall–Kier alpha value is -2.62. The van der Waals surface area contributed by atoms with Crippen molar-refractivity contribution in [3.63, 3.8) is 0 Å². The first-order valence-electron chi connectivity index (χ1n) is 8.69. The van der Waals surface area contributed by atoms with Gasteiger partial charge in [0, 0.05) is 5.92 Å². The average Bonchev–Trinajstić information content (AvgIpc) is 2.90. The number of carbonyl (C=O) groups is 2. The summed E-state index contributed by atoms with van der Waals surface area (Å²) in [5.41, 5.74) is 1.25. The number of hydrogen-bond donors (Lipinski definition) is 0. The van der Waals surface area contributed by atoms with Crippen molar-refractivity contribution in [2.24, 2.45) is 5.92 Å². The summed E-state index contributed by atoms with van der Waals surface area (Å²) in [4.78, 5) is 27.5. The van der Waals surface area contributed by atoms with Crippen molar-refractivity contribution < 1.29 is 14.3 Å². The number of carbonyl (C=O) groups excluding carboxylic acids is 2. The van der Waals surface area contributed by atoms with Crippen LogP contribution in [0.4, 0.5) is 0 Å². The predicted octanol–water partition coefficient (Wildman–Crippen LogP) is 3.13. The minimum absolute atomic E-state index is 0.0526. The van der Waals surface area contributed by atoms with Crippen LogP contribution in [0.2, 0.25) is 0 Å². The van der Waals surface area contributed by atoms with Gasteiger partial charge in [0.2, 0.25) is 5.91 Å². The van der Waals surface area contributed by atoms with E-state index in [0.717, 1.165) is 11.1 Å². The van der Waals surface area contributed by atoms with Crippen molar-refractivity contribution in [1.29, 1.82) is 0 Å². The maximum atomic E-state index is 13.2. The summed E-state index contributed by atoms with van der Waals surface area (Å²) in [5, 5.41) is 0. The highest BCUT2D eigenvalue weighted by Crippen LogP contribution is 2.45. The summed E-state index contributed by atoms with van der Waals surface area (Å²) in [6.45, 7) is 2.07. The third-order valence-corrected chi connectivity index (χ3v) is 5.40. The molecule has 0 saturated carbocycles. The molecule has 0 unspecified atom stereocenters. The van der Waals surface area contributed by atoms with Crippen LogP contribution in [0.5, 0.6) is 0 Å². The van der Waals surface area contributed by atoms with Crippen LogP contribution in [-0.2, 0) is 20.7 Å². The average molecular weight is 335 g/mol. The number of ether oxygens (including phenoxy) is 1. The van der Waals surface area contributed by atoms with Gasteiger partial charge in [0.1, 0.15) is 12.1 Å². The molecule has 25 heavy (non-hydrogen) atoms. The Morgan fingerprint density at radius 1 is 1.04 bits per heavy atom. The van der Waals surface area contributed by atoms with E-state index in [1.807, 2.05) is 67.6 Å². The number of hydrogen-bond acceptors (Lipinski definition) is 3. The molecular weight excluding hydrogens is 314 g/mol. The smallest absolute Gasteiger partial charge is 0.331 e. The van der Waals surface area contributed by atoms with Crippen LogP contribution in [0.15, 0.2) is 60.7 Å². The molecule has 0 bridgehead atoms. The number of amides is 1. The van der Waals surface area contributed by atoms with E-state index in [2.05, 4.69) is 0 Å². The van der Waals surface area contributed by atoms with Gasteiger partial charge in [-0.2, -0.15) is 0 Å². The molecule has 0 N–H and O–H groups in total. The highest BCUT2D eigenvalue weighted by atomic mass is 16.5. The molecule has 2 aliphatic heterocycles. The van der Waals surface area contributed by atoms with Gasteiger partial charge in [-0.1, -0.05) is 60.7 Å². The molecule has 2 aromatic carbocycles. The molecule has 0 spiro atoms. The maximum absolute atomic E-state index is 13.2. The zero-order valence-corrected chi connectivity index (χ0v) is 14.2. The van der Waals surface area contributed by atoms with Gasteiger partial charge >= 0.3 is 5.97 Å². The van der Waals surface area contributed by atoms with Gasteiger partial charge in [-0.05, 0) is 30.9 Å². The molecule has 128 valence electrons. The number of morpholine rings is 1. The quantitative estimate of drug-likeness (QED) is 0.810. The molecule has 2 heterocycles. The fraction of sp³-hybridized carbons (Fsp3) is 0.333. The van der Waals surface area contributed by atoms with E-state index >= 15 is 0 Å². The highest BCUT2D eigenvalue weighted by molar-refractivity contribution is 5.94. The molecular formula is C21H21NO3. The first-order chi connectivity index (χ1) is 12.1. The second-order valence-corrected chi connectivity index (χ2v) is 7.10. The minimum atomic E-state index is -0.880. The van der Waals surface area contributed by atoms with Crippen molar-refractivity contribution in [2.75, 3.05) is 6.61 Å². The lowest BCUT2D eigenvalue weighted by atomic mass is 9.89. The number of rotatable bonds is 3. The van der Waals surface area contributed by atoms with Gasteiger partial charge in [0.15, 0.2) is 0 Å². The molecule has 2 saturated heterocycles. The van der Waals surface area contributed by atoms with E-state index in [-0.39, 0.29) is 30.4 Å². The predicted molar refractivity (Wildman–Crippen MR) is 93.6 cm³/mol. The van der Waals surface area contributed by atoms with E-state index in [1.54, 1.807) is 4.90 Å². The third-order valence-electron chi connectivity index (χ3n) is 5.40. The van der Waals surface area contributed by atoms with E-state index in [9.17, 15) is 9.59 Å². The van der Waals surface area contributed by atoms with Gasteiger partial charge in [0.05, 0.1) is 6.04 Å². The van der Waals surface area contributed by atoms with E-state index in [0.29, 0.717) is 12.8 Å².